The van der Waals surface area contributed by atoms with Gasteiger partial charge in [-0.15, -0.1) is 11.3 Å². The Bertz CT molecular complexity index is 980. The third-order valence-corrected chi connectivity index (χ3v) is 7.55. The number of allylic oxidation sites excluding steroid dienone is 3. The molecule has 1 aliphatic rings. The van der Waals surface area contributed by atoms with Crippen LogP contribution in [0, 0.1) is 17.3 Å². The number of aliphatic hydroxyl groups is 2. The van der Waals surface area contributed by atoms with E-state index in [0.717, 1.165) is 11.1 Å². The number of Topliss-reactive ketones (excluding diaryl/α,β-unsaturated/α-hetero) is 1. The number of ketones is 1. The molecule has 0 aromatic carbocycles. The number of hydrogen-bond acceptors (Lipinski definition) is 7. The maximum atomic E-state index is 13.1. The van der Waals surface area contributed by atoms with E-state index in [4.69, 9.17) is 4.74 Å². The van der Waals surface area contributed by atoms with Crippen LogP contribution in [0.25, 0.3) is 6.08 Å². The minimum Gasteiger partial charge on any atom is -0.457 e. The molecule has 0 radical (unpaired) electrons. The highest BCUT2D eigenvalue weighted by Crippen LogP contribution is 2.32. The van der Waals surface area contributed by atoms with Crippen LogP contribution in [0.3, 0.4) is 0 Å². The molecule has 0 saturated carbocycles. The van der Waals surface area contributed by atoms with Gasteiger partial charge < -0.3 is 14.9 Å². The first kappa shape index (κ1) is 29.1. The molecule has 1 aromatic heterocycles. The van der Waals surface area contributed by atoms with Gasteiger partial charge in [0.1, 0.15) is 23.6 Å². The first-order valence-corrected chi connectivity index (χ1v) is 12.9. The average molecular weight is 508 g/mol. The van der Waals surface area contributed by atoms with Crippen LogP contribution in [0.15, 0.2) is 34.8 Å². The minimum atomic E-state index is -1.27. The molecular weight excluding hydrogens is 469 g/mol. The summed E-state index contributed by atoms with van der Waals surface area (Å²) in [4.78, 5) is 30.2. The number of thiazole rings is 1. The molecule has 0 aliphatic carbocycles. The summed E-state index contributed by atoms with van der Waals surface area (Å²) in [6.45, 7) is 9.84. The molecule has 0 spiro atoms. The zero-order chi connectivity index (χ0) is 26.3. The normalized spacial score (nSPS) is 32.0. The average Bonchev–Trinajstić information content (AvgIpc) is 3.26. The van der Waals surface area contributed by atoms with Crippen molar-refractivity contribution in [1.29, 1.82) is 0 Å². The number of esters is 1. The van der Waals surface area contributed by atoms with E-state index in [1.165, 1.54) is 11.3 Å². The van der Waals surface area contributed by atoms with Gasteiger partial charge in [0, 0.05) is 17.7 Å². The largest absolute Gasteiger partial charge is 0.457 e. The zero-order valence-electron chi connectivity index (χ0n) is 21.5. The highest BCUT2D eigenvalue weighted by molar-refractivity contribution is 7.09. The fourth-order valence-corrected chi connectivity index (χ4v) is 4.69. The number of carbonyl (C=O) groups excluding carboxylic acids is 2. The second-order valence-electron chi connectivity index (χ2n) is 10.1. The second-order valence-corrected chi connectivity index (χ2v) is 11.0. The fraction of sp³-hybridized carbons (Fsp3) is 0.593. The SMILES string of the molecule is CC1=C/C[C@@H](/C(C)=C/c2csc(CF)n2)OC(=O)C[C@H](O)C(C)(C)C(=O)[C@H](C)[C@@H](O)[C@@H](C)C\C=C\1. The quantitative estimate of drug-likeness (QED) is 0.546. The molecule has 0 amide bonds. The Hall–Kier alpha value is -2.16. The van der Waals surface area contributed by atoms with Gasteiger partial charge in [0.2, 0.25) is 0 Å². The predicted octanol–water partition coefficient (Wildman–Crippen LogP) is 5.20. The number of alkyl halides is 1. The number of ether oxygens (including phenoxy) is 1. The van der Waals surface area contributed by atoms with Crippen LogP contribution in [-0.4, -0.2) is 45.3 Å². The lowest BCUT2D eigenvalue weighted by Gasteiger charge is -2.34. The van der Waals surface area contributed by atoms with Gasteiger partial charge in [-0.3, -0.25) is 9.59 Å². The minimum absolute atomic E-state index is 0.158. The number of cyclic esters (lactones) is 1. The highest BCUT2D eigenvalue weighted by atomic mass is 32.1. The third-order valence-electron chi connectivity index (χ3n) is 6.72. The summed E-state index contributed by atoms with van der Waals surface area (Å²) in [5.41, 5.74) is 1.05. The molecule has 1 aliphatic heterocycles. The van der Waals surface area contributed by atoms with Gasteiger partial charge in [0.25, 0.3) is 0 Å². The van der Waals surface area contributed by atoms with Gasteiger partial charge in [-0.2, -0.15) is 0 Å². The summed E-state index contributed by atoms with van der Waals surface area (Å²) in [6.07, 6.45) is 5.51. The van der Waals surface area contributed by atoms with E-state index in [1.807, 2.05) is 39.0 Å². The second kappa shape index (κ2) is 12.7. The van der Waals surface area contributed by atoms with Crippen molar-refractivity contribution in [3.8, 4) is 0 Å². The van der Waals surface area contributed by atoms with Crippen LogP contribution in [0.5, 0.6) is 0 Å². The molecule has 2 rings (SSSR count). The van der Waals surface area contributed by atoms with Crippen LogP contribution in [0.2, 0.25) is 0 Å². The summed E-state index contributed by atoms with van der Waals surface area (Å²) < 4.78 is 18.6. The molecule has 6 nitrogen and oxygen atoms in total. The molecule has 0 saturated heterocycles. The Morgan fingerprint density at radius 2 is 1.97 bits per heavy atom. The predicted molar refractivity (Wildman–Crippen MR) is 136 cm³/mol. The Labute approximate surface area is 211 Å². The van der Waals surface area contributed by atoms with Crippen molar-refractivity contribution in [2.45, 2.75) is 85.8 Å². The lowest BCUT2D eigenvalue weighted by molar-refractivity contribution is -0.154. The van der Waals surface area contributed by atoms with Gasteiger partial charge in [-0.1, -0.05) is 51.5 Å². The van der Waals surface area contributed by atoms with Gasteiger partial charge in [0.05, 0.1) is 29.7 Å². The van der Waals surface area contributed by atoms with Crippen LogP contribution >= 0.6 is 11.3 Å². The van der Waals surface area contributed by atoms with E-state index in [1.54, 1.807) is 32.2 Å². The molecular formula is C27H38FNO5S. The molecule has 2 heterocycles. The first-order valence-electron chi connectivity index (χ1n) is 12.0. The maximum Gasteiger partial charge on any atom is 0.309 e. The van der Waals surface area contributed by atoms with E-state index in [0.29, 0.717) is 23.5 Å². The molecule has 35 heavy (non-hydrogen) atoms. The summed E-state index contributed by atoms with van der Waals surface area (Å²) in [7, 11) is 0. The van der Waals surface area contributed by atoms with Crippen molar-refractivity contribution >= 4 is 29.2 Å². The zero-order valence-corrected chi connectivity index (χ0v) is 22.3. The summed E-state index contributed by atoms with van der Waals surface area (Å²) in [5, 5.41) is 23.7. The summed E-state index contributed by atoms with van der Waals surface area (Å²) in [5.74, 6) is -1.79. The van der Waals surface area contributed by atoms with Gasteiger partial charge in [-0.25, -0.2) is 9.37 Å². The van der Waals surface area contributed by atoms with Crippen molar-refractivity contribution in [2.75, 3.05) is 0 Å². The number of carbonyl (C=O) groups is 2. The Morgan fingerprint density at radius 3 is 2.60 bits per heavy atom. The number of aromatic nitrogens is 1. The van der Waals surface area contributed by atoms with Crippen LogP contribution in [-0.2, 0) is 21.0 Å². The highest BCUT2D eigenvalue weighted by Gasteiger charge is 2.42. The van der Waals surface area contributed by atoms with Crippen molar-refractivity contribution in [2.24, 2.45) is 17.3 Å². The first-order chi connectivity index (χ1) is 16.4. The van der Waals surface area contributed by atoms with Crippen molar-refractivity contribution in [3.63, 3.8) is 0 Å². The van der Waals surface area contributed by atoms with Gasteiger partial charge >= 0.3 is 5.97 Å². The van der Waals surface area contributed by atoms with Crippen molar-refractivity contribution in [1.82, 2.24) is 4.98 Å². The van der Waals surface area contributed by atoms with Crippen LogP contribution in [0.4, 0.5) is 4.39 Å². The van der Waals surface area contributed by atoms with E-state index < -0.39 is 42.3 Å². The van der Waals surface area contributed by atoms with Crippen LogP contribution < -0.4 is 0 Å². The van der Waals surface area contributed by atoms with E-state index in [-0.39, 0.29) is 18.1 Å². The molecule has 194 valence electrons. The van der Waals surface area contributed by atoms with E-state index in [2.05, 4.69) is 4.98 Å². The lowest BCUT2D eigenvalue weighted by atomic mass is 9.73. The van der Waals surface area contributed by atoms with Crippen molar-refractivity contribution in [3.05, 3.63) is 45.5 Å². The molecule has 0 fully saturated rings. The molecule has 0 bridgehead atoms. The third kappa shape index (κ3) is 7.92. The summed E-state index contributed by atoms with van der Waals surface area (Å²) in [6, 6.07) is 0. The molecule has 1 aromatic rings. The number of halogens is 1. The Kier molecular flexibility index (Phi) is 10.5. The fourth-order valence-electron chi connectivity index (χ4n) is 4.09. The molecule has 2 N–H and O–H groups in total. The standard InChI is InChI=1S/C27H38FNO5S/c1-16-8-7-9-17(2)25(32)19(4)26(33)27(5,6)22(30)13-24(31)34-21(11-10-16)18(3)12-20-15-35-23(14-28)29-20/h7-8,10,12,15,17,19,21-22,25,30,32H,9,11,13-14H2,1-6H3/b8-7+,16-10-,18-12+/t17-,19+,21-,22-,25-/m0/s1. The number of aliphatic hydroxyl groups excluding tert-OH is 2. The monoisotopic (exact) mass is 507 g/mol. The molecule has 8 heteroatoms. The smallest absolute Gasteiger partial charge is 0.309 e. The van der Waals surface area contributed by atoms with Gasteiger partial charge in [-0.05, 0) is 37.8 Å². The van der Waals surface area contributed by atoms with E-state index >= 15 is 0 Å². The number of nitrogens with zero attached hydrogens (tertiary/aromatic N) is 1. The molecule has 5 atom stereocenters. The topological polar surface area (TPSA) is 96.7 Å². The molecule has 0 unspecified atom stereocenters. The van der Waals surface area contributed by atoms with E-state index in [9.17, 15) is 24.2 Å². The van der Waals surface area contributed by atoms with Crippen LogP contribution in [0.1, 0.15) is 71.5 Å². The Balaban J connectivity index is 2.37. The number of rotatable bonds is 3. The lowest BCUT2D eigenvalue weighted by Crippen LogP contribution is -2.45. The maximum absolute atomic E-state index is 13.1. The number of hydrogen-bond donors (Lipinski definition) is 2. The Morgan fingerprint density at radius 1 is 1.29 bits per heavy atom. The van der Waals surface area contributed by atoms with Gasteiger partial charge in [0.15, 0.2) is 0 Å². The van der Waals surface area contributed by atoms with Crippen molar-refractivity contribution < 1.29 is 28.9 Å². The summed E-state index contributed by atoms with van der Waals surface area (Å²) >= 11 is 1.22.